The van der Waals surface area contributed by atoms with Crippen molar-refractivity contribution >= 4 is 29.4 Å². The summed E-state index contributed by atoms with van der Waals surface area (Å²) in [5.41, 5.74) is 1.81. The summed E-state index contributed by atoms with van der Waals surface area (Å²) in [5.74, 6) is -1.00. The van der Waals surface area contributed by atoms with E-state index in [1.54, 1.807) is 42.5 Å². The molecule has 0 bridgehead atoms. The summed E-state index contributed by atoms with van der Waals surface area (Å²) in [4.78, 5) is 35.5. The van der Waals surface area contributed by atoms with Crippen LogP contribution in [0.15, 0.2) is 42.5 Å². The lowest BCUT2D eigenvalue weighted by Gasteiger charge is -2.14. The summed E-state index contributed by atoms with van der Waals surface area (Å²) in [5, 5.41) is 15.2. The maximum absolute atomic E-state index is 12.3. The first kappa shape index (κ1) is 22.6. The van der Waals surface area contributed by atoms with E-state index in [-0.39, 0.29) is 30.4 Å². The minimum Gasteiger partial charge on any atom is -0.490 e. The number of carboxylic acids is 1. The minimum atomic E-state index is -0.780. The summed E-state index contributed by atoms with van der Waals surface area (Å²) >= 11 is 5.97. The van der Waals surface area contributed by atoms with Crippen LogP contribution in [-0.2, 0) is 4.79 Å². The molecule has 0 aromatic heterocycles. The molecule has 0 spiro atoms. The van der Waals surface area contributed by atoms with E-state index in [1.165, 1.54) is 0 Å². The lowest BCUT2D eigenvalue weighted by Crippen LogP contribution is -2.34. The maximum Gasteiger partial charge on any atom is 0.306 e. The first-order valence-corrected chi connectivity index (χ1v) is 10.5. The van der Waals surface area contributed by atoms with E-state index in [4.69, 9.17) is 21.4 Å². The molecule has 2 amide bonds. The van der Waals surface area contributed by atoms with Gasteiger partial charge in [0.1, 0.15) is 5.75 Å². The van der Waals surface area contributed by atoms with Crippen molar-refractivity contribution in [3.63, 3.8) is 0 Å². The number of aliphatic carboxylic acids is 1. The predicted molar refractivity (Wildman–Crippen MR) is 117 cm³/mol. The van der Waals surface area contributed by atoms with E-state index in [2.05, 4.69) is 10.6 Å². The zero-order valence-electron chi connectivity index (χ0n) is 17.2. The second-order valence-electron chi connectivity index (χ2n) is 7.59. The van der Waals surface area contributed by atoms with E-state index < -0.39 is 5.97 Å². The number of benzene rings is 2. The van der Waals surface area contributed by atoms with Crippen molar-refractivity contribution in [2.24, 2.45) is 5.92 Å². The molecule has 1 aliphatic carbocycles. The number of ether oxygens (including phenoxy) is 1. The Hall–Kier alpha value is -3.06. The maximum atomic E-state index is 12.3. The number of halogens is 1. The van der Waals surface area contributed by atoms with E-state index in [0.717, 1.165) is 5.56 Å². The second kappa shape index (κ2) is 10.3. The molecule has 0 heterocycles. The number of carbonyl (C=O) groups is 3. The molecule has 0 unspecified atom stereocenters. The fourth-order valence-electron chi connectivity index (χ4n) is 3.49. The normalized spacial score (nSPS) is 17.7. The molecule has 7 nitrogen and oxygen atoms in total. The highest BCUT2D eigenvalue weighted by Gasteiger charge is 2.30. The van der Waals surface area contributed by atoms with Crippen molar-refractivity contribution in [1.82, 2.24) is 10.6 Å². The third-order valence-electron chi connectivity index (χ3n) is 5.27. The van der Waals surface area contributed by atoms with Crippen LogP contribution in [-0.4, -0.2) is 42.1 Å². The first-order chi connectivity index (χ1) is 14.8. The Labute approximate surface area is 185 Å². The first-order valence-electron chi connectivity index (χ1n) is 10.2. The number of carboxylic acid groups (broad SMARTS) is 1. The van der Waals surface area contributed by atoms with Crippen molar-refractivity contribution in [2.45, 2.75) is 32.3 Å². The number of carbonyl (C=O) groups excluding carboxylic acids is 2. The lowest BCUT2D eigenvalue weighted by atomic mass is 10.1. The van der Waals surface area contributed by atoms with Crippen molar-refractivity contribution in [3.05, 3.63) is 64.2 Å². The Bertz CT molecular complexity index is 961. The van der Waals surface area contributed by atoms with E-state index in [1.807, 2.05) is 6.92 Å². The highest BCUT2D eigenvalue weighted by Crippen LogP contribution is 2.29. The van der Waals surface area contributed by atoms with Crippen molar-refractivity contribution in [2.75, 3.05) is 13.1 Å². The molecule has 31 heavy (non-hydrogen) atoms. The standard InChI is InChI=1S/C23H25ClN2O5/c1-14-12-16(5-9-20(14)24)22(28)26-11-10-25-21(27)15-2-6-18(7-3-15)31-19-8-4-17(13-19)23(29)30/h2-3,5-7,9,12,17,19H,4,8,10-11,13H2,1H3,(H,25,27)(H,26,28)(H,29,30)/t17-,19-/m1/s1. The van der Waals surface area contributed by atoms with Crippen LogP contribution < -0.4 is 15.4 Å². The fraction of sp³-hybridized carbons (Fsp3) is 0.348. The van der Waals surface area contributed by atoms with Crippen LogP contribution in [0.25, 0.3) is 0 Å². The summed E-state index contributed by atoms with van der Waals surface area (Å²) < 4.78 is 5.82. The molecule has 1 fully saturated rings. The smallest absolute Gasteiger partial charge is 0.306 e. The fourth-order valence-corrected chi connectivity index (χ4v) is 3.61. The third kappa shape index (κ3) is 6.21. The molecule has 2 aromatic carbocycles. The van der Waals surface area contributed by atoms with Gasteiger partial charge in [-0.3, -0.25) is 14.4 Å². The molecule has 3 N–H and O–H groups in total. The molecule has 164 valence electrons. The average molecular weight is 445 g/mol. The van der Waals surface area contributed by atoms with Crippen LogP contribution in [0.5, 0.6) is 5.75 Å². The molecular weight excluding hydrogens is 420 g/mol. The Balaban J connectivity index is 1.41. The topological polar surface area (TPSA) is 105 Å². The number of nitrogens with one attached hydrogen (secondary N) is 2. The number of amides is 2. The van der Waals surface area contributed by atoms with Crippen LogP contribution in [0.2, 0.25) is 5.02 Å². The van der Waals surface area contributed by atoms with E-state index in [0.29, 0.717) is 47.7 Å². The number of aryl methyl sites for hydroxylation is 1. The van der Waals surface area contributed by atoms with Crippen LogP contribution >= 0.6 is 11.6 Å². The van der Waals surface area contributed by atoms with Crippen LogP contribution in [0, 0.1) is 12.8 Å². The third-order valence-corrected chi connectivity index (χ3v) is 5.69. The van der Waals surface area contributed by atoms with Gasteiger partial charge in [-0.1, -0.05) is 11.6 Å². The molecular formula is C23H25ClN2O5. The lowest BCUT2D eigenvalue weighted by molar-refractivity contribution is -0.141. The highest BCUT2D eigenvalue weighted by atomic mass is 35.5. The molecule has 1 aliphatic rings. The van der Waals surface area contributed by atoms with Crippen LogP contribution in [0.1, 0.15) is 45.5 Å². The molecule has 0 radical (unpaired) electrons. The Morgan fingerprint density at radius 3 is 2.19 bits per heavy atom. The van der Waals surface area contributed by atoms with Gasteiger partial charge in [0.25, 0.3) is 11.8 Å². The van der Waals surface area contributed by atoms with E-state index in [9.17, 15) is 14.4 Å². The number of rotatable bonds is 8. The Kier molecular flexibility index (Phi) is 7.52. The zero-order valence-corrected chi connectivity index (χ0v) is 17.9. The summed E-state index contributed by atoms with van der Waals surface area (Å²) in [6.45, 7) is 2.41. The molecule has 2 aromatic rings. The van der Waals surface area contributed by atoms with Crippen LogP contribution in [0.4, 0.5) is 0 Å². The second-order valence-corrected chi connectivity index (χ2v) is 8.00. The monoisotopic (exact) mass is 444 g/mol. The number of hydrogen-bond donors (Lipinski definition) is 3. The van der Waals surface area contributed by atoms with Gasteiger partial charge in [-0.2, -0.15) is 0 Å². The van der Waals surface area contributed by atoms with Crippen molar-refractivity contribution in [3.8, 4) is 5.75 Å². The van der Waals surface area contributed by atoms with Crippen molar-refractivity contribution in [1.29, 1.82) is 0 Å². The molecule has 2 atom stereocenters. The van der Waals surface area contributed by atoms with Gasteiger partial charge in [-0.15, -0.1) is 0 Å². The Morgan fingerprint density at radius 2 is 1.61 bits per heavy atom. The van der Waals surface area contributed by atoms with Gasteiger partial charge >= 0.3 is 5.97 Å². The van der Waals surface area contributed by atoms with Crippen molar-refractivity contribution < 1.29 is 24.2 Å². The zero-order chi connectivity index (χ0) is 22.4. The van der Waals surface area contributed by atoms with Gasteiger partial charge in [0.15, 0.2) is 0 Å². The van der Waals surface area contributed by atoms with Gasteiger partial charge in [0, 0.05) is 29.2 Å². The number of hydrogen-bond acceptors (Lipinski definition) is 4. The average Bonchev–Trinajstić information content (AvgIpc) is 3.22. The Morgan fingerprint density at radius 1 is 1.00 bits per heavy atom. The molecule has 1 saturated carbocycles. The SMILES string of the molecule is Cc1cc(C(=O)NCCNC(=O)c2ccc(O[C@@H]3CC[C@@H](C(=O)O)C3)cc2)ccc1Cl. The molecule has 0 aliphatic heterocycles. The van der Waals surface area contributed by atoms with Gasteiger partial charge in [0.05, 0.1) is 12.0 Å². The van der Waals surface area contributed by atoms with Gasteiger partial charge < -0.3 is 20.5 Å². The molecule has 3 rings (SSSR count). The predicted octanol–water partition coefficient (Wildman–Crippen LogP) is 3.44. The van der Waals surface area contributed by atoms with Gasteiger partial charge in [-0.25, -0.2) is 0 Å². The molecule has 0 saturated heterocycles. The van der Waals surface area contributed by atoms with Gasteiger partial charge in [0.2, 0.25) is 0 Å². The van der Waals surface area contributed by atoms with E-state index >= 15 is 0 Å². The molecule has 8 heteroatoms. The summed E-state index contributed by atoms with van der Waals surface area (Å²) in [6.07, 6.45) is 1.71. The summed E-state index contributed by atoms with van der Waals surface area (Å²) in [7, 11) is 0. The largest absolute Gasteiger partial charge is 0.490 e. The van der Waals surface area contributed by atoms with Crippen LogP contribution in [0.3, 0.4) is 0 Å². The minimum absolute atomic E-state index is 0.117. The van der Waals surface area contributed by atoms with Gasteiger partial charge in [-0.05, 0) is 74.2 Å². The quantitative estimate of drug-likeness (QED) is 0.541. The summed E-state index contributed by atoms with van der Waals surface area (Å²) in [6, 6.07) is 11.8. The highest BCUT2D eigenvalue weighted by molar-refractivity contribution is 6.31.